The zero-order chi connectivity index (χ0) is 14.9. The lowest BCUT2D eigenvalue weighted by Crippen LogP contribution is -2.10. The molecule has 20 heavy (non-hydrogen) atoms. The Morgan fingerprint density at radius 3 is 2.60 bits per heavy atom. The summed E-state index contributed by atoms with van der Waals surface area (Å²) < 4.78 is 26.1. The number of aromatic nitrogens is 3. The van der Waals surface area contributed by atoms with Crippen LogP contribution in [-0.4, -0.2) is 34.3 Å². The van der Waals surface area contributed by atoms with Gasteiger partial charge < -0.3 is 9.67 Å². The first-order chi connectivity index (χ1) is 9.31. The predicted molar refractivity (Wildman–Crippen MR) is 70.0 cm³/mol. The molecule has 0 atom stereocenters. The molecule has 0 aliphatic heterocycles. The van der Waals surface area contributed by atoms with E-state index in [0.29, 0.717) is 11.6 Å². The number of nitrogens with zero attached hydrogens (tertiary/aromatic N) is 3. The number of benzene rings is 1. The molecule has 0 fully saturated rings. The van der Waals surface area contributed by atoms with Gasteiger partial charge in [0.2, 0.25) is 0 Å². The van der Waals surface area contributed by atoms with E-state index in [1.807, 2.05) is 0 Å². The summed E-state index contributed by atoms with van der Waals surface area (Å²) >= 11 is 0. The van der Waals surface area contributed by atoms with Crippen LogP contribution < -0.4 is 0 Å². The van der Waals surface area contributed by atoms with Crippen molar-refractivity contribution < 1.29 is 18.3 Å². The van der Waals surface area contributed by atoms with Gasteiger partial charge in [0, 0.05) is 7.05 Å². The summed E-state index contributed by atoms with van der Waals surface area (Å²) in [5, 5.41) is 16.5. The van der Waals surface area contributed by atoms with Crippen LogP contribution in [0.15, 0.2) is 29.2 Å². The predicted octanol–water partition coefficient (Wildman–Crippen LogP) is 0.796. The molecule has 1 aromatic carbocycles. The molecule has 0 aliphatic rings. The Balaban J connectivity index is 2.38. The molecule has 2 aromatic rings. The summed E-state index contributed by atoms with van der Waals surface area (Å²) in [5.41, 5.74) is -0.0692. The number of carboxylic acid groups (broad SMARTS) is 1. The van der Waals surface area contributed by atoms with Crippen LogP contribution in [0.4, 0.5) is 0 Å². The van der Waals surface area contributed by atoms with Crippen molar-refractivity contribution in [2.45, 2.75) is 17.6 Å². The highest BCUT2D eigenvalue weighted by Gasteiger charge is 2.20. The minimum Gasteiger partial charge on any atom is -0.478 e. The van der Waals surface area contributed by atoms with Crippen molar-refractivity contribution in [3.05, 3.63) is 41.5 Å². The topological polar surface area (TPSA) is 102 Å². The highest BCUT2D eigenvalue weighted by molar-refractivity contribution is 7.90. The smallest absolute Gasteiger partial charge is 0.335 e. The largest absolute Gasteiger partial charge is 0.478 e. The van der Waals surface area contributed by atoms with Gasteiger partial charge in [-0.15, -0.1) is 10.2 Å². The number of carboxylic acids is 1. The average Bonchev–Trinajstić information content (AvgIpc) is 2.70. The van der Waals surface area contributed by atoms with E-state index >= 15 is 0 Å². The molecule has 1 aromatic heterocycles. The van der Waals surface area contributed by atoms with E-state index in [0.717, 1.165) is 6.07 Å². The Morgan fingerprint density at radius 1 is 1.35 bits per heavy atom. The van der Waals surface area contributed by atoms with E-state index in [-0.39, 0.29) is 16.2 Å². The van der Waals surface area contributed by atoms with Gasteiger partial charge in [0.25, 0.3) is 0 Å². The van der Waals surface area contributed by atoms with E-state index in [2.05, 4.69) is 10.2 Å². The maximum atomic E-state index is 12.3. The van der Waals surface area contributed by atoms with Gasteiger partial charge in [-0.1, -0.05) is 6.07 Å². The van der Waals surface area contributed by atoms with Crippen molar-refractivity contribution in [2.24, 2.45) is 7.05 Å². The fourth-order valence-corrected chi connectivity index (χ4v) is 3.00. The van der Waals surface area contributed by atoms with E-state index in [1.165, 1.54) is 18.2 Å². The maximum Gasteiger partial charge on any atom is 0.335 e. The lowest BCUT2D eigenvalue weighted by molar-refractivity contribution is 0.0696. The third-order valence-corrected chi connectivity index (χ3v) is 4.55. The summed E-state index contributed by atoms with van der Waals surface area (Å²) in [6.07, 6.45) is 0. The second-order valence-electron chi connectivity index (χ2n) is 4.31. The SMILES string of the molecule is Cc1nnc(CS(=O)(=O)c2cccc(C(=O)O)c2)n1C. The number of carbonyl (C=O) groups is 1. The fourth-order valence-electron chi connectivity index (χ4n) is 1.65. The summed E-state index contributed by atoms with van der Waals surface area (Å²) in [7, 11) is -1.99. The molecule has 0 saturated heterocycles. The number of rotatable bonds is 4. The van der Waals surface area contributed by atoms with Crippen molar-refractivity contribution in [1.82, 2.24) is 14.8 Å². The Labute approximate surface area is 115 Å². The van der Waals surface area contributed by atoms with Gasteiger partial charge >= 0.3 is 5.97 Å². The molecule has 7 nitrogen and oxygen atoms in total. The van der Waals surface area contributed by atoms with Crippen molar-refractivity contribution >= 4 is 15.8 Å². The van der Waals surface area contributed by atoms with Crippen LogP contribution in [0.5, 0.6) is 0 Å². The maximum absolute atomic E-state index is 12.3. The van der Waals surface area contributed by atoms with Crippen LogP contribution in [0.1, 0.15) is 22.0 Å². The molecular weight excluding hydrogens is 282 g/mol. The first-order valence-electron chi connectivity index (χ1n) is 5.72. The van der Waals surface area contributed by atoms with Gasteiger partial charge in [0.1, 0.15) is 17.4 Å². The minimum absolute atomic E-state index is 0.0435. The van der Waals surface area contributed by atoms with Gasteiger partial charge in [0.05, 0.1) is 10.5 Å². The Bertz CT molecular complexity index is 765. The van der Waals surface area contributed by atoms with Crippen LogP contribution in [0, 0.1) is 6.92 Å². The number of aryl methyl sites for hydroxylation is 1. The Kier molecular flexibility index (Phi) is 3.58. The van der Waals surface area contributed by atoms with Crippen molar-refractivity contribution in [3.63, 3.8) is 0 Å². The van der Waals surface area contributed by atoms with Crippen LogP contribution in [-0.2, 0) is 22.6 Å². The quantitative estimate of drug-likeness (QED) is 0.895. The first kappa shape index (κ1) is 14.2. The lowest BCUT2D eigenvalue weighted by Gasteiger charge is -2.05. The van der Waals surface area contributed by atoms with E-state index < -0.39 is 15.8 Å². The highest BCUT2D eigenvalue weighted by atomic mass is 32.2. The van der Waals surface area contributed by atoms with Crippen LogP contribution in [0.25, 0.3) is 0 Å². The fraction of sp³-hybridized carbons (Fsp3) is 0.250. The molecule has 0 radical (unpaired) electrons. The monoisotopic (exact) mass is 295 g/mol. The number of hydrogen-bond donors (Lipinski definition) is 1. The van der Waals surface area contributed by atoms with Crippen molar-refractivity contribution in [1.29, 1.82) is 0 Å². The second kappa shape index (κ2) is 5.04. The van der Waals surface area contributed by atoms with Crippen LogP contribution in [0.2, 0.25) is 0 Å². The molecule has 1 N–H and O–H groups in total. The molecule has 0 unspecified atom stereocenters. The molecule has 0 aliphatic carbocycles. The van der Waals surface area contributed by atoms with Crippen LogP contribution in [0.3, 0.4) is 0 Å². The molecular formula is C12H13N3O4S. The molecule has 2 rings (SSSR count). The van der Waals surface area contributed by atoms with Gasteiger partial charge in [-0.05, 0) is 25.1 Å². The normalized spacial score (nSPS) is 11.5. The van der Waals surface area contributed by atoms with Crippen LogP contribution >= 0.6 is 0 Å². The Hall–Kier alpha value is -2.22. The summed E-state index contributed by atoms with van der Waals surface area (Å²) in [5.74, 6) is -0.581. The van der Waals surface area contributed by atoms with E-state index in [9.17, 15) is 13.2 Å². The molecule has 0 saturated carbocycles. The molecule has 0 bridgehead atoms. The third kappa shape index (κ3) is 2.69. The molecule has 0 spiro atoms. The molecule has 0 amide bonds. The van der Waals surface area contributed by atoms with Crippen molar-refractivity contribution in [3.8, 4) is 0 Å². The summed E-state index contributed by atoms with van der Waals surface area (Å²) in [6.45, 7) is 1.72. The zero-order valence-electron chi connectivity index (χ0n) is 10.9. The summed E-state index contributed by atoms with van der Waals surface area (Å²) in [4.78, 5) is 10.8. The highest BCUT2D eigenvalue weighted by Crippen LogP contribution is 2.17. The average molecular weight is 295 g/mol. The van der Waals surface area contributed by atoms with E-state index in [1.54, 1.807) is 18.5 Å². The number of sulfone groups is 1. The molecule has 1 heterocycles. The second-order valence-corrected chi connectivity index (χ2v) is 6.30. The third-order valence-electron chi connectivity index (χ3n) is 2.94. The summed E-state index contributed by atoms with van der Waals surface area (Å²) in [6, 6.07) is 5.25. The Morgan fingerprint density at radius 2 is 2.05 bits per heavy atom. The van der Waals surface area contributed by atoms with Gasteiger partial charge in [-0.25, -0.2) is 13.2 Å². The molecule has 8 heteroatoms. The van der Waals surface area contributed by atoms with Gasteiger partial charge in [-0.3, -0.25) is 0 Å². The minimum atomic E-state index is -3.67. The lowest BCUT2D eigenvalue weighted by atomic mass is 10.2. The standard InChI is InChI=1S/C12H13N3O4S/c1-8-13-14-11(15(8)2)7-20(18,19)10-5-3-4-9(6-10)12(16)17/h3-6H,7H2,1-2H3,(H,16,17). The number of hydrogen-bond acceptors (Lipinski definition) is 5. The first-order valence-corrected chi connectivity index (χ1v) is 7.37. The molecule has 106 valence electrons. The van der Waals surface area contributed by atoms with Gasteiger partial charge in [0.15, 0.2) is 9.84 Å². The zero-order valence-corrected chi connectivity index (χ0v) is 11.8. The van der Waals surface area contributed by atoms with Gasteiger partial charge in [-0.2, -0.15) is 0 Å². The van der Waals surface area contributed by atoms with Crippen molar-refractivity contribution in [2.75, 3.05) is 0 Å². The number of aromatic carboxylic acids is 1. The van der Waals surface area contributed by atoms with E-state index in [4.69, 9.17) is 5.11 Å².